The van der Waals surface area contributed by atoms with E-state index in [9.17, 15) is 13.2 Å². The SMILES string of the molecule is Cc1c(N)cc(Br)cc1-c1nnnn1C(C)CC(F)(F)F. The van der Waals surface area contributed by atoms with Crippen molar-refractivity contribution in [1.82, 2.24) is 20.2 Å². The van der Waals surface area contributed by atoms with Crippen LogP contribution in [0.25, 0.3) is 11.4 Å². The van der Waals surface area contributed by atoms with Gasteiger partial charge in [-0.05, 0) is 42.0 Å². The van der Waals surface area contributed by atoms with E-state index in [1.54, 1.807) is 19.1 Å². The smallest absolute Gasteiger partial charge is 0.391 e. The summed E-state index contributed by atoms with van der Waals surface area (Å²) in [6, 6.07) is 2.54. The van der Waals surface area contributed by atoms with Gasteiger partial charge in [0, 0.05) is 15.7 Å². The number of nitrogens with zero attached hydrogens (tertiary/aromatic N) is 4. The number of anilines is 1. The highest BCUT2D eigenvalue weighted by molar-refractivity contribution is 9.10. The maximum absolute atomic E-state index is 12.5. The van der Waals surface area contributed by atoms with Gasteiger partial charge in [-0.15, -0.1) is 5.10 Å². The Morgan fingerprint density at radius 1 is 1.38 bits per heavy atom. The van der Waals surface area contributed by atoms with Gasteiger partial charge in [0.2, 0.25) is 0 Å². The largest absolute Gasteiger partial charge is 0.398 e. The van der Waals surface area contributed by atoms with Gasteiger partial charge in [0.25, 0.3) is 0 Å². The van der Waals surface area contributed by atoms with E-state index in [0.29, 0.717) is 21.3 Å². The van der Waals surface area contributed by atoms with Gasteiger partial charge < -0.3 is 5.73 Å². The first-order chi connectivity index (χ1) is 9.69. The fourth-order valence-electron chi connectivity index (χ4n) is 2.02. The van der Waals surface area contributed by atoms with Crippen molar-refractivity contribution in [2.75, 3.05) is 5.73 Å². The molecule has 0 aliphatic heterocycles. The van der Waals surface area contributed by atoms with Gasteiger partial charge in [-0.25, -0.2) is 4.68 Å². The molecule has 5 nitrogen and oxygen atoms in total. The molecule has 1 heterocycles. The molecule has 0 spiro atoms. The minimum atomic E-state index is -4.28. The number of tetrazole rings is 1. The van der Waals surface area contributed by atoms with Crippen LogP contribution >= 0.6 is 15.9 Å². The third-order valence-electron chi connectivity index (χ3n) is 3.09. The Bertz CT molecular complexity index is 653. The lowest BCUT2D eigenvalue weighted by Crippen LogP contribution is -2.18. The van der Waals surface area contributed by atoms with Crippen molar-refractivity contribution < 1.29 is 13.2 Å². The summed E-state index contributed by atoms with van der Waals surface area (Å²) in [6.45, 7) is 3.19. The van der Waals surface area contributed by atoms with Crippen molar-refractivity contribution in [2.24, 2.45) is 0 Å². The van der Waals surface area contributed by atoms with E-state index in [0.717, 1.165) is 0 Å². The number of hydrogen-bond acceptors (Lipinski definition) is 4. The fourth-order valence-corrected chi connectivity index (χ4v) is 2.50. The zero-order valence-corrected chi connectivity index (χ0v) is 12.9. The van der Waals surface area contributed by atoms with Crippen LogP contribution in [0.5, 0.6) is 0 Å². The molecule has 1 atom stereocenters. The molecule has 1 aromatic carbocycles. The lowest BCUT2D eigenvalue weighted by molar-refractivity contribution is -0.142. The molecular formula is C12H13BrF3N5. The fraction of sp³-hybridized carbons (Fsp3) is 0.417. The monoisotopic (exact) mass is 363 g/mol. The molecule has 0 saturated carbocycles. The van der Waals surface area contributed by atoms with Gasteiger partial charge >= 0.3 is 6.18 Å². The predicted molar refractivity (Wildman–Crippen MR) is 75.5 cm³/mol. The van der Waals surface area contributed by atoms with E-state index in [2.05, 4.69) is 31.5 Å². The van der Waals surface area contributed by atoms with Crippen LogP contribution in [0.3, 0.4) is 0 Å². The van der Waals surface area contributed by atoms with Crippen LogP contribution in [0.2, 0.25) is 0 Å². The maximum atomic E-state index is 12.5. The van der Waals surface area contributed by atoms with E-state index < -0.39 is 18.6 Å². The molecule has 0 fully saturated rings. The average Bonchev–Trinajstić information content (AvgIpc) is 2.80. The summed E-state index contributed by atoms with van der Waals surface area (Å²) in [6.07, 6.45) is -5.29. The van der Waals surface area contributed by atoms with Crippen LogP contribution in [-0.4, -0.2) is 26.4 Å². The average molecular weight is 364 g/mol. The molecule has 1 unspecified atom stereocenters. The van der Waals surface area contributed by atoms with Gasteiger partial charge in [-0.3, -0.25) is 0 Å². The molecule has 114 valence electrons. The van der Waals surface area contributed by atoms with Crippen LogP contribution in [0.4, 0.5) is 18.9 Å². The molecule has 21 heavy (non-hydrogen) atoms. The molecular weight excluding hydrogens is 351 g/mol. The minimum absolute atomic E-state index is 0.261. The number of alkyl halides is 3. The predicted octanol–water partition coefficient (Wildman–Crippen LogP) is 3.51. The summed E-state index contributed by atoms with van der Waals surface area (Å²) in [5, 5.41) is 11.0. The molecule has 0 radical (unpaired) electrons. The minimum Gasteiger partial charge on any atom is -0.398 e. The van der Waals surface area contributed by atoms with Crippen LogP contribution in [-0.2, 0) is 0 Å². The first-order valence-electron chi connectivity index (χ1n) is 6.09. The summed E-state index contributed by atoms with van der Waals surface area (Å²) < 4.78 is 39.5. The molecule has 0 bridgehead atoms. The quantitative estimate of drug-likeness (QED) is 0.847. The summed E-state index contributed by atoms with van der Waals surface area (Å²) in [5.41, 5.74) is 7.69. The van der Waals surface area contributed by atoms with Crippen LogP contribution in [0.15, 0.2) is 16.6 Å². The standard InChI is InChI=1S/C12H13BrF3N5/c1-6(5-12(14,15)16)21-11(18-19-20-21)9-3-8(13)4-10(17)7(9)2/h3-4,6H,5,17H2,1-2H3. The van der Waals surface area contributed by atoms with Crippen molar-refractivity contribution in [3.05, 3.63) is 22.2 Å². The van der Waals surface area contributed by atoms with Crippen molar-refractivity contribution in [2.45, 2.75) is 32.5 Å². The number of rotatable bonds is 3. The third kappa shape index (κ3) is 3.52. The summed E-state index contributed by atoms with van der Waals surface area (Å²) in [7, 11) is 0. The van der Waals surface area contributed by atoms with Crippen molar-refractivity contribution in [3.63, 3.8) is 0 Å². The van der Waals surface area contributed by atoms with Crippen LogP contribution in [0.1, 0.15) is 24.9 Å². The van der Waals surface area contributed by atoms with Gasteiger partial charge in [-0.1, -0.05) is 15.9 Å². The second kappa shape index (κ2) is 5.63. The molecule has 0 aliphatic carbocycles. The number of nitrogens with two attached hydrogens (primary N) is 1. The molecule has 9 heteroatoms. The van der Waals surface area contributed by atoms with E-state index in [1.165, 1.54) is 11.6 Å². The second-order valence-electron chi connectivity index (χ2n) is 4.78. The summed E-state index contributed by atoms with van der Waals surface area (Å²) in [4.78, 5) is 0. The van der Waals surface area contributed by atoms with E-state index in [-0.39, 0.29) is 5.82 Å². The van der Waals surface area contributed by atoms with Gasteiger partial charge in [0.1, 0.15) is 0 Å². The Balaban J connectivity index is 2.46. The third-order valence-corrected chi connectivity index (χ3v) is 3.55. The number of halogens is 4. The molecule has 1 aromatic heterocycles. The van der Waals surface area contributed by atoms with E-state index in [4.69, 9.17) is 5.73 Å². The topological polar surface area (TPSA) is 69.6 Å². The van der Waals surface area contributed by atoms with Gasteiger partial charge in [0.15, 0.2) is 5.82 Å². The number of benzene rings is 1. The number of nitrogen functional groups attached to an aromatic ring is 1. The lowest BCUT2D eigenvalue weighted by atomic mass is 10.1. The first-order valence-corrected chi connectivity index (χ1v) is 6.89. The summed E-state index contributed by atoms with van der Waals surface area (Å²) in [5.74, 6) is 0.261. The highest BCUT2D eigenvalue weighted by Gasteiger charge is 2.32. The van der Waals surface area contributed by atoms with Crippen LogP contribution < -0.4 is 5.73 Å². The Morgan fingerprint density at radius 2 is 2.05 bits per heavy atom. The molecule has 2 rings (SSSR count). The van der Waals surface area contributed by atoms with Crippen molar-refractivity contribution in [3.8, 4) is 11.4 Å². The molecule has 0 saturated heterocycles. The first kappa shape index (κ1) is 15.7. The summed E-state index contributed by atoms with van der Waals surface area (Å²) >= 11 is 3.31. The zero-order valence-electron chi connectivity index (χ0n) is 11.3. The number of aromatic nitrogens is 4. The maximum Gasteiger partial charge on any atom is 0.391 e. The zero-order chi connectivity index (χ0) is 15.8. The van der Waals surface area contributed by atoms with Crippen LogP contribution in [0, 0.1) is 6.92 Å². The van der Waals surface area contributed by atoms with Gasteiger partial charge in [0.05, 0.1) is 12.5 Å². The molecule has 2 aromatic rings. The molecule has 0 amide bonds. The normalized spacial score (nSPS) is 13.4. The highest BCUT2D eigenvalue weighted by Crippen LogP contribution is 2.33. The highest BCUT2D eigenvalue weighted by atomic mass is 79.9. The Morgan fingerprint density at radius 3 is 2.67 bits per heavy atom. The van der Waals surface area contributed by atoms with Crippen molar-refractivity contribution >= 4 is 21.6 Å². The Labute approximate surface area is 127 Å². The van der Waals surface area contributed by atoms with E-state index >= 15 is 0 Å². The Hall–Kier alpha value is -1.64. The van der Waals surface area contributed by atoms with E-state index in [1.807, 2.05) is 0 Å². The molecule has 2 N–H and O–H groups in total. The number of hydrogen-bond donors (Lipinski definition) is 1. The second-order valence-corrected chi connectivity index (χ2v) is 5.70. The Kier molecular flexibility index (Phi) is 4.22. The van der Waals surface area contributed by atoms with Gasteiger partial charge in [-0.2, -0.15) is 13.2 Å². The van der Waals surface area contributed by atoms with Crippen molar-refractivity contribution in [1.29, 1.82) is 0 Å². The molecule has 0 aliphatic rings. The lowest BCUT2D eigenvalue weighted by Gasteiger charge is -2.16.